The van der Waals surface area contributed by atoms with Crippen molar-refractivity contribution in [2.24, 2.45) is 0 Å². The second-order valence-corrected chi connectivity index (χ2v) is 3.66. The molecule has 0 unspecified atom stereocenters. The van der Waals surface area contributed by atoms with Crippen LogP contribution in [0.5, 0.6) is 5.75 Å². The van der Waals surface area contributed by atoms with Crippen molar-refractivity contribution >= 4 is 5.69 Å². The monoisotopic (exact) mass is 190 g/mol. The van der Waals surface area contributed by atoms with Crippen LogP contribution in [0.4, 0.5) is 5.69 Å². The molecule has 2 rings (SSSR count). The van der Waals surface area contributed by atoms with E-state index in [2.05, 4.69) is 17.0 Å². The molecule has 75 valence electrons. The number of rotatable bonds is 2. The van der Waals surface area contributed by atoms with Gasteiger partial charge in [-0.2, -0.15) is 0 Å². The van der Waals surface area contributed by atoms with Gasteiger partial charge >= 0.3 is 0 Å². The molecule has 2 nitrogen and oxygen atoms in total. The van der Waals surface area contributed by atoms with Gasteiger partial charge in [0.15, 0.2) is 0 Å². The topological polar surface area (TPSA) is 12.5 Å². The summed E-state index contributed by atoms with van der Waals surface area (Å²) < 4.78 is 5.08. The third-order valence-electron chi connectivity index (χ3n) is 2.71. The van der Waals surface area contributed by atoms with E-state index < -0.39 is 0 Å². The molecular formula is C12H16NO. The fraction of sp³-hybridized carbons (Fsp3) is 0.500. The number of nitrogens with zero attached hydrogens (tertiary/aromatic N) is 1. The van der Waals surface area contributed by atoms with Gasteiger partial charge in [0.05, 0.1) is 7.11 Å². The van der Waals surface area contributed by atoms with Crippen LogP contribution in [0, 0.1) is 6.07 Å². The molecule has 0 amide bonds. The van der Waals surface area contributed by atoms with E-state index >= 15 is 0 Å². The fourth-order valence-corrected chi connectivity index (χ4v) is 1.88. The van der Waals surface area contributed by atoms with Gasteiger partial charge < -0.3 is 9.64 Å². The normalized spacial score (nSPS) is 16.8. The van der Waals surface area contributed by atoms with Gasteiger partial charge in [-0.25, -0.2) is 0 Å². The molecule has 0 bridgehead atoms. The van der Waals surface area contributed by atoms with Crippen LogP contribution in [0.2, 0.25) is 0 Å². The number of benzene rings is 1. The lowest BCUT2D eigenvalue weighted by molar-refractivity contribution is 0.414. The van der Waals surface area contributed by atoms with Gasteiger partial charge in [-0.05, 0) is 37.5 Å². The number of anilines is 1. The lowest BCUT2D eigenvalue weighted by Gasteiger charge is -2.28. The Kier molecular flexibility index (Phi) is 2.92. The lowest BCUT2D eigenvalue weighted by Crippen LogP contribution is -2.29. The molecule has 1 aliphatic rings. The van der Waals surface area contributed by atoms with Crippen molar-refractivity contribution in [1.29, 1.82) is 0 Å². The van der Waals surface area contributed by atoms with E-state index in [0.29, 0.717) is 0 Å². The van der Waals surface area contributed by atoms with E-state index in [0.717, 1.165) is 5.75 Å². The molecule has 2 heteroatoms. The highest BCUT2D eigenvalue weighted by molar-refractivity contribution is 5.48. The maximum absolute atomic E-state index is 5.08. The van der Waals surface area contributed by atoms with Crippen LogP contribution < -0.4 is 9.64 Å². The molecular weight excluding hydrogens is 174 g/mol. The van der Waals surface area contributed by atoms with Crippen molar-refractivity contribution in [3.05, 3.63) is 24.3 Å². The number of methoxy groups -OCH3 is 1. The average molecular weight is 190 g/mol. The highest BCUT2D eigenvalue weighted by atomic mass is 16.5. The van der Waals surface area contributed by atoms with Crippen LogP contribution in [-0.4, -0.2) is 20.2 Å². The van der Waals surface area contributed by atoms with Crippen LogP contribution in [0.25, 0.3) is 0 Å². The van der Waals surface area contributed by atoms with Crippen LogP contribution in [-0.2, 0) is 0 Å². The molecule has 14 heavy (non-hydrogen) atoms. The van der Waals surface area contributed by atoms with Crippen LogP contribution in [0.15, 0.2) is 18.2 Å². The number of hydrogen-bond acceptors (Lipinski definition) is 2. The Balaban J connectivity index is 2.07. The van der Waals surface area contributed by atoms with E-state index in [1.165, 1.54) is 38.0 Å². The molecule has 0 spiro atoms. The highest BCUT2D eigenvalue weighted by Crippen LogP contribution is 2.21. The zero-order valence-electron chi connectivity index (χ0n) is 8.62. The lowest BCUT2D eigenvalue weighted by atomic mass is 10.1. The van der Waals surface area contributed by atoms with Gasteiger partial charge in [0, 0.05) is 24.8 Å². The summed E-state index contributed by atoms with van der Waals surface area (Å²) in [5.41, 5.74) is 1.27. The van der Waals surface area contributed by atoms with Crippen molar-refractivity contribution in [3.63, 3.8) is 0 Å². The van der Waals surface area contributed by atoms with Gasteiger partial charge in [-0.15, -0.1) is 0 Å². The van der Waals surface area contributed by atoms with Gasteiger partial charge in [-0.3, -0.25) is 0 Å². The molecule has 1 saturated heterocycles. The first-order valence-electron chi connectivity index (χ1n) is 5.21. The summed E-state index contributed by atoms with van der Waals surface area (Å²) in [5.74, 6) is 0.811. The summed E-state index contributed by atoms with van der Waals surface area (Å²) >= 11 is 0. The Morgan fingerprint density at radius 2 is 2.00 bits per heavy atom. The number of piperidine rings is 1. The van der Waals surface area contributed by atoms with E-state index in [9.17, 15) is 0 Å². The fourth-order valence-electron chi connectivity index (χ4n) is 1.88. The van der Waals surface area contributed by atoms with E-state index in [1.54, 1.807) is 7.11 Å². The minimum absolute atomic E-state index is 0.811. The Labute approximate surface area is 85.5 Å². The molecule has 1 heterocycles. The van der Waals surface area contributed by atoms with E-state index in [1.807, 2.05) is 12.1 Å². The van der Waals surface area contributed by atoms with Crippen molar-refractivity contribution in [1.82, 2.24) is 0 Å². The second kappa shape index (κ2) is 4.36. The molecule has 1 aromatic carbocycles. The smallest absolute Gasteiger partial charge is 0.126 e. The second-order valence-electron chi connectivity index (χ2n) is 3.66. The first kappa shape index (κ1) is 9.38. The van der Waals surface area contributed by atoms with Gasteiger partial charge in [-0.1, -0.05) is 0 Å². The summed E-state index contributed by atoms with van der Waals surface area (Å²) in [6.07, 6.45) is 3.99. The predicted octanol–water partition coefficient (Wildman–Crippen LogP) is 2.49. The van der Waals surface area contributed by atoms with Gasteiger partial charge in [0.1, 0.15) is 5.75 Å². The molecule has 0 aromatic heterocycles. The van der Waals surface area contributed by atoms with Crippen molar-refractivity contribution in [2.75, 3.05) is 25.1 Å². The van der Waals surface area contributed by atoms with Crippen LogP contribution >= 0.6 is 0 Å². The third-order valence-corrected chi connectivity index (χ3v) is 2.71. The summed E-state index contributed by atoms with van der Waals surface area (Å²) in [4.78, 5) is 2.42. The number of hydrogen-bond donors (Lipinski definition) is 0. The summed E-state index contributed by atoms with van der Waals surface area (Å²) in [6, 6.07) is 9.23. The standard InChI is InChI=1S/C12H16NO/c1-14-12-7-5-11(6-8-12)13-9-3-2-4-10-13/h5-7H,2-4,9-10H2,1H3. The molecule has 1 aromatic rings. The molecule has 1 radical (unpaired) electrons. The molecule has 1 fully saturated rings. The van der Waals surface area contributed by atoms with Crippen LogP contribution in [0.1, 0.15) is 19.3 Å². The summed E-state index contributed by atoms with van der Waals surface area (Å²) in [5, 5.41) is 0. The maximum Gasteiger partial charge on any atom is 0.126 e. The zero-order chi connectivity index (χ0) is 9.80. The molecule has 0 aliphatic carbocycles. The quantitative estimate of drug-likeness (QED) is 0.710. The SMILES string of the molecule is COc1[c]cc(N2CCCCC2)cc1. The van der Waals surface area contributed by atoms with Crippen molar-refractivity contribution < 1.29 is 4.74 Å². The van der Waals surface area contributed by atoms with E-state index in [4.69, 9.17) is 4.74 Å². The maximum atomic E-state index is 5.08. The molecule has 0 atom stereocenters. The Hall–Kier alpha value is -1.18. The van der Waals surface area contributed by atoms with E-state index in [-0.39, 0.29) is 0 Å². The summed E-state index contributed by atoms with van der Waals surface area (Å²) in [7, 11) is 1.67. The predicted molar refractivity (Wildman–Crippen MR) is 57.9 cm³/mol. The Morgan fingerprint density at radius 1 is 1.21 bits per heavy atom. The zero-order valence-corrected chi connectivity index (χ0v) is 8.62. The molecule has 0 saturated carbocycles. The average Bonchev–Trinajstić information content (AvgIpc) is 2.30. The van der Waals surface area contributed by atoms with Crippen molar-refractivity contribution in [2.45, 2.75) is 19.3 Å². The van der Waals surface area contributed by atoms with Crippen LogP contribution in [0.3, 0.4) is 0 Å². The molecule has 1 aliphatic heterocycles. The number of ether oxygens (including phenoxy) is 1. The van der Waals surface area contributed by atoms with Gasteiger partial charge in [0.2, 0.25) is 0 Å². The minimum Gasteiger partial charge on any atom is -0.496 e. The minimum atomic E-state index is 0.811. The van der Waals surface area contributed by atoms with Crippen molar-refractivity contribution in [3.8, 4) is 5.75 Å². The first-order valence-corrected chi connectivity index (χ1v) is 5.21. The largest absolute Gasteiger partial charge is 0.496 e. The Morgan fingerprint density at radius 3 is 2.57 bits per heavy atom. The Bertz CT molecular complexity index is 275. The first-order chi connectivity index (χ1) is 6.90. The third kappa shape index (κ3) is 2.00. The summed E-state index contributed by atoms with van der Waals surface area (Å²) in [6.45, 7) is 2.36. The van der Waals surface area contributed by atoms with Gasteiger partial charge in [0.25, 0.3) is 0 Å². The highest BCUT2D eigenvalue weighted by Gasteiger charge is 2.10. The molecule has 0 N–H and O–H groups in total.